The molecule has 0 spiro atoms. The average molecular weight is 588 g/mol. The maximum Gasteiger partial charge on any atom is 0.345 e. The minimum Gasteiger partial charge on any atom is -0.459 e. The summed E-state index contributed by atoms with van der Waals surface area (Å²) in [5, 5.41) is 4.09. The third-order valence-electron chi connectivity index (χ3n) is 6.61. The molecule has 12 heteroatoms. The number of aromatic amines is 1. The number of carbonyl (C=O) groups excluding carboxylic acids is 3. The molecule has 4 unspecified atom stereocenters. The van der Waals surface area contributed by atoms with Crippen LogP contribution in [-0.4, -0.2) is 57.1 Å². The predicted molar refractivity (Wildman–Crippen MR) is 150 cm³/mol. The molecule has 0 bridgehead atoms. The quantitative estimate of drug-likeness (QED) is 0.183. The highest BCUT2D eigenvalue weighted by Crippen LogP contribution is 2.43. The van der Waals surface area contributed by atoms with Crippen molar-refractivity contribution in [1.82, 2.24) is 14.8 Å². The molecule has 1 saturated heterocycles. The predicted octanol–water partition coefficient (Wildman–Crippen LogP) is 3.90. The highest BCUT2D eigenvalue weighted by Gasteiger charge is 2.61. The second-order valence-electron chi connectivity index (χ2n) is 9.51. The molecule has 0 saturated carbocycles. The van der Waals surface area contributed by atoms with Crippen molar-refractivity contribution in [1.29, 1.82) is 0 Å². The first kappa shape index (κ1) is 28.6. The maximum absolute atomic E-state index is 13.3. The summed E-state index contributed by atoms with van der Waals surface area (Å²) in [6.07, 6.45) is -2.74. The molecule has 42 heavy (non-hydrogen) atoms. The van der Waals surface area contributed by atoms with Crippen molar-refractivity contribution in [2.75, 3.05) is 6.61 Å². The van der Waals surface area contributed by atoms with Crippen molar-refractivity contribution < 1.29 is 33.3 Å². The summed E-state index contributed by atoms with van der Waals surface area (Å²) in [5.41, 5.74) is -1.88. The van der Waals surface area contributed by atoms with Crippen LogP contribution in [-0.2, 0) is 18.9 Å². The molecule has 5 rings (SSSR count). The number of nitrogens with zero attached hydrogens (tertiary/aromatic N) is 2. The van der Waals surface area contributed by atoms with E-state index in [1.54, 1.807) is 91.0 Å². The number of hydrogen-bond acceptors (Lipinski definition) is 10. The Hall–Kier alpha value is -4.94. The Morgan fingerprint density at radius 3 is 1.95 bits per heavy atom. The first-order valence-electron chi connectivity index (χ1n) is 12.9. The van der Waals surface area contributed by atoms with Gasteiger partial charge in [0.15, 0.2) is 17.9 Å². The van der Waals surface area contributed by atoms with E-state index >= 15 is 0 Å². The zero-order valence-electron chi connectivity index (χ0n) is 22.2. The van der Waals surface area contributed by atoms with Gasteiger partial charge in [-0.15, -0.1) is 0 Å². The normalized spacial score (nSPS) is 21.3. The number of carbonyl (C=O) groups is 3. The van der Waals surface area contributed by atoms with E-state index in [1.165, 1.54) is 13.1 Å². The SMILES string of the molecule is CC1(OC(=O)c2ccccc2)C(OC(=O)c2ccccc2)C(COC(=O)c2ccccc2)OC1n1ncc(=S)[nH]c1=O. The van der Waals surface area contributed by atoms with Crippen LogP contribution < -0.4 is 5.69 Å². The van der Waals surface area contributed by atoms with Crippen molar-refractivity contribution in [3.63, 3.8) is 0 Å². The molecule has 0 amide bonds. The van der Waals surface area contributed by atoms with E-state index in [1.807, 2.05) is 0 Å². The molecule has 1 aliphatic rings. The Kier molecular flexibility index (Phi) is 8.36. The third kappa shape index (κ3) is 6.04. The fraction of sp³-hybridized carbons (Fsp3) is 0.200. The molecule has 4 aromatic rings. The molecule has 1 N–H and O–H groups in total. The topological polar surface area (TPSA) is 139 Å². The van der Waals surface area contributed by atoms with Gasteiger partial charge >= 0.3 is 23.6 Å². The number of benzene rings is 3. The van der Waals surface area contributed by atoms with Gasteiger partial charge in [0.1, 0.15) is 17.4 Å². The van der Waals surface area contributed by atoms with Gasteiger partial charge in [0.05, 0.1) is 22.9 Å². The summed E-state index contributed by atoms with van der Waals surface area (Å²) in [5.74, 6) is -2.18. The van der Waals surface area contributed by atoms with Crippen LogP contribution in [0.4, 0.5) is 0 Å². The van der Waals surface area contributed by atoms with Crippen LogP contribution in [0.5, 0.6) is 0 Å². The lowest BCUT2D eigenvalue weighted by Crippen LogP contribution is -2.52. The van der Waals surface area contributed by atoms with Crippen LogP contribution in [0, 0.1) is 4.64 Å². The summed E-state index contributed by atoms with van der Waals surface area (Å²) in [7, 11) is 0. The molecule has 214 valence electrons. The molecule has 3 aromatic carbocycles. The highest BCUT2D eigenvalue weighted by atomic mass is 32.1. The van der Waals surface area contributed by atoms with Gasteiger partial charge in [-0.2, -0.15) is 9.78 Å². The number of rotatable bonds is 8. The van der Waals surface area contributed by atoms with Gasteiger partial charge in [-0.25, -0.2) is 19.2 Å². The molecular formula is C30H25N3O8S. The lowest BCUT2D eigenvalue weighted by molar-refractivity contribution is -0.116. The van der Waals surface area contributed by atoms with Gasteiger partial charge in [-0.3, -0.25) is 4.98 Å². The molecule has 0 radical (unpaired) electrons. The van der Waals surface area contributed by atoms with Gasteiger partial charge < -0.3 is 18.9 Å². The van der Waals surface area contributed by atoms with Crippen LogP contribution in [0.25, 0.3) is 0 Å². The lowest BCUT2D eigenvalue weighted by Gasteiger charge is -2.34. The molecule has 2 heterocycles. The van der Waals surface area contributed by atoms with Crippen molar-refractivity contribution in [2.24, 2.45) is 0 Å². The molecule has 1 fully saturated rings. The number of nitrogens with one attached hydrogen (secondary N) is 1. The van der Waals surface area contributed by atoms with E-state index in [0.717, 1.165) is 4.68 Å². The average Bonchev–Trinajstić information content (AvgIpc) is 3.27. The van der Waals surface area contributed by atoms with Crippen LogP contribution in [0.3, 0.4) is 0 Å². The summed E-state index contributed by atoms with van der Waals surface area (Å²) in [6, 6.07) is 24.6. The highest BCUT2D eigenvalue weighted by molar-refractivity contribution is 7.71. The van der Waals surface area contributed by atoms with Crippen LogP contribution in [0.15, 0.2) is 102 Å². The standard InChI is InChI=1S/C30H25N3O8S/c1-30(41-27(36)21-15-9-4-10-16-21)24(40-26(35)20-13-7-3-8-14-20)22(18-38-25(34)19-11-5-2-6-12-19)39-28(30)33-29(37)32-23(42)17-31-33/h2-17,22,24,28H,18H2,1H3,(H,32,37,42). The van der Waals surface area contributed by atoms with E-state index in [4.69, 9.17) is 31.2 Å². The minimum absolute atomic E-state index is 0.0672. The first-order valence-corrected chi connectivity index (χ1v) is 13.3. The second kappa shape index (κ2) is 12.3. The van der Waals surface area contributed by atoms with Gasteiger partial charge in [0, 0.05) is 0 Å². The molecule has 1 aliphatic heterocycles. The Bertz CT molecular complexity index is 1690. The minimum atomic E-state index is -1.84. The van der Waals surface area contributed by atoms with E-state index in [-0.39, 0.29) is 21.3 Å². The van der Waals surface area contributed by atoms with Gasteiger partial charge in [-0.1, -0.05) is 66.8 Å². The Labute approximate surface area is 244 Å². The monoisotopic (exact) mass is 587 g/mol. The number of ether oxygens (including phenoxy) is 4. The smallest absolute Gasteiger partial charge is 0.345 e. The zero-order chi connectivity index (χ0) is 29.7. The van der Waals surface area contributed by atoms with Crippen LogP contribution >= 0.6 is 12.2 Å². The largest absolute Gasteiger partial charge is 0.459 e. The fourth-order valence-electron chi connectivity index (χ4n) is 4.55. The molecule has 0 aliphatic carbocycles. The molecular weight excluding hydrogens is 562 g/mol. The third-order valence-corrected chi connectivity index (χ3v) is 6.82. The van der Waals surface area contributed by atoms with Gasteiger partial charge in [0.25, 0.3) is 0 Å². The summed E-state index contributed by atoms with van der Waals surface area (Å²) in [6.45, 7) is 1.04. The van der Waals surface area contributed by atoms with Crippen LogP contribution in [0.1, 0.15) is 44.2 Å². The number of aromatic nitrogens is 3. The molecule has 4 atom stereocenters. The maximum atomic E-state index is 13.3. The number of esters is 3. The van der Waals surface area contributed by atoms with Crippen molar-refractivity contribution >= 4 is 30.1 Å². The van der Waals surface area contributed by atoms with Crippen molar-refractivity contribution in [3.05, 3.63) is 129 Å². The van der Waals surface area contributed by atoms with Gasteiger partial charge in [-0.05, 0) is 43.3 Å². The Morgan fingerprint density at radius 2 is 1.40 bits per heavy atom. The first-order chi connectivity index (χ1) is 20.3. The van der Waals surface area contributed by atoms with Gasteiger partial charge in [0.2, 0.25) is 0 Å². The van der Waals surface area contributed by atoms with E-state index in [9.17, 15) is 19.2 Å². The Balaban J connectivity index is 1.54. The van der Waals surface area contributed by atoms with Crippen molar-refractivity contribution in [3.8, 4) is 0 Å². The van der Waals surface area contributed by atoms with Crippen LogP contribution in [0.2, 0.25) is 0 Å². The Morgan fingerprint density at radius 1 is 0.881 bits per heavy atom. The number of H-pyrrole nitrogens is 1. The van der Waals surface area contributed by atoms with E-state index in [0.29, 0.717) is 0 Å². The molecule has 1 aromatic heterocycles. The zero-order valence-corrected chi connectivity index (χ0v) is 23.1. The summed E-state index contributed by atoms with van der Waals surface area (Å²) in [4.78, 5) is 54.8. The summed E-state index contributed by atoms with van der Waals surface area (Å²) < 4.78 is 24.6. The summed E-state index contributed by atoms with van der Waals surface area (Å²) >= 11 is 5.01. The number of hydrogen-bond donors (Lipinski definition) is 1. The lowest BCUT2D eigenvalue weighted by atomic mass is 9.95. The van der Waals surface area contributed by atoms with E-state index < -0.39 is 54.2 Å². The fourth-order valence-corrected chi connectivity index (χ4v) is 4.68. The van der Waals surface area contributed by atoms with E-state index in [2.05, 4.69) is 10.1 Å². The van der Waals surface area contributed by atoms with Crippen molar-refractivity contribution in [2.45, 2.75) is 31.0 Å². The second-order valence-corrected chi connectivity index (χ2v) is 9.95. The molecule has 11 nitrogen and oxygen atoms in total.